The molecule has 7 heteroatoms. The van der Waals surface area contributed by atoms with E-state index in [9.17, 15) is 8.42 Å². The van der Waals surface area contributed by atoms with E-state index in [1.807, 2.05) is 0 Å². The summed E-state index contributed by atoms with van der Waals surface area (Å²) in [7, 11) is -3.62. The summed E-state index contributed by atoms with van der Waals surface area (Å²) in [6.07, 6.45) is 5.57. The minimum Gasteiger partial charge on any atom is -0.396 e. The third-order valence-electron chi connectivity index (χ3n) is 4.20. The molecule has 2 aliphatic rings. The van der Waals surface area contributed by atoms with Crippen LogP contribution in [0.25, 0.3) is 0 Å². The first-order valence-corrected chi connectivity index (χ1v) is 8.51. The Balaban J connectivity index is 1.72. The normalized spacial score (nSPS) is 27.4. The molecule has 110 valence electrons. The Morgan fingerprint density at radius 2 is 2.20 bits per heavy atom. The van der Waals surface area contributed by atoms with Crippen molar-refractivity contribution in [2.75, 3.05) is 18.8 Å². The van der Waals surface area contributed by atoms with Gasteiger partial charge in [-0.05, 0) is 50.9 Å². The summed E-state index contributed by atoms with van der Waals surface area (Å²) in [5.41, 5.74) is 5.90. The van der Waals surface area contributed by atoms with Crippen LogP contribution in [0.15, 0.2) is 23.4 Å². The van der Waals surface area contributed by atoms with Crippen molar-refractivity contribution >= 4 is 15.7 Å². The van der Waals surface area contributed by atoms with Gasteiger partial charge < -0.3 is 10.6 Å². The Kier molecular flexibility index (Phi) is 3.66. The number of sulfonamides is 1. The van der Waals surface area contributed by atoms with Gasteiger partial charge in [0.25, 0.3) is 10.0 Å². The van der Waals surface area contributed by atoms with Gasteiger partial charge in [-0.3, -0.25) is 0 Å². The highest BCUT2D eigenvalue weighted by Crippen LogP contribution is 2.27. The number of fused-ring (bicyclic) bond motifs is 1. The van der Waals surface area contributed by atoms with Crippen molar-refractivity contribution < 1.29 is 8.42 Å². The van der Waals surface area contributed by atoms with E-state index in [0.29, 0.717) is 6.04 Å². The van der Waals surface area contributed by atoms with Gasteiger partial charge in [-0.15, -0.1) is 0 Å². The fourth-order valence-electron chi connectivity index (χ4n) is 3.23. The van der Waals surface area contributed by atoms with Crippen LogP contribution in [-0.4, -0.2) is 43.5 Å². The molecule has 6 nitrogen and oxygen atoms in total. The van der Waals surface area contributed by atoms with Crippen LogP contribution in [0, 0.1) is 0 Å². The molecule has 3 heterocycles. The zero-order valence-corrected chi connectivity index (χ0v) is 12.1. The summed E-state index contributed by atoms with van der Waals surface area (Å²) in [6.45, 7) is 2.12. The Bertz CT molecular complexity index is 590. The molecule has 0 aromatic carbocycles. The van der Waals surface area contributed by atoms with Crippen molar-refractivity contribution in [2.24, 2.45) is 0 Å². The zero-order valence-electron chi connectivity index (χ0n) is 11.3. The fourth-order valence-corrected chi connectivity index (χ4v) is 4.58. The highest BCUT2D eigenvalue weighted by molar-refractivity contribution is 7.89. The molecule has 2 unspecified atom stereocenters. The van der Waals surface area contributed by atoms with E-state index in [2.05, 4.69) is 14.6 Å². The van der Waals surface area contributed by atoms with E-state index in [0.717, 1.165) is 25.9 Å². The monoisotopic (exact) mass is 296 g/mol. The number of nitrogens with two attached hydrogens (primary N) is 1. The lowest BCUT2D eigenvalue weighted by molar-refractivity contribution is 0.176. The van der Waals surface area contributed by atoms with Crippen LogP contribution in [0.2, 0.25) is 0 Å². The lowest BCUT2D eigenvalue weighted by Crippen LogP contribution is -2.47. The topological polar surface area (TPSA) is 88.3 Å². The SMILES string of the molecule is Nc1cccnc1S(=O)(=O)NC1CCN2CCCC2C1. The number of nitrogens with one attached hydrogen (secondary N) is 1. The molecule has 20 heavy (non-hydrogen) atoms. The van der Waals surface area contributed by atoms with Gasteiger partial charge in [0.05, 0.1) is 5.69 Å². The Morgan fingerprint density at radius 3 is 3.00 bits per heavy atom. The third kappa shape index (κ3) is 2.65. The highest BCUT2D eigenvalue weighted by Gasteiger charge is 2.34. The number of hydrogen-bond donors (Lipinski definition) is 2. The number of nitrogens with zero attached hydrogens (tertiary/aromatic N) is 2. The van der Waals surface area contributed by atoms with Crippen molar-refractivity contribution in [1.82, 2.24) is 14.6 Å². The third-order valence-corrected chi connectivity index (χ3v) is 5.69. The molecule has 2 saturated heterocycles. The maximum Gasteiger partial charge on any atom is 0.260 e. The van der Waals surface area contributed by atoms with E-state index >= 15 is 0 Å². The molecule has 0 saturated carbocycles. The second-order valence-electron chi connectivity index (χ2n) is 5.57. The molecule has 0 spiro atoms. The van der Waals surface area contributed by atoms with E-state index in [-0.39, 0.29) is 16.8 Å². The largest absolute Gasteiger partial charge is 0.396 e. The van der Waals surface area contributed by atoms with Crippen LogP contribution in [0.1, 0.15) is 25.7 Å². The second-order valence-corrected chi connectivity index (χ2v) is 7.20. The molecular formula is C13H20N4O2S. The highest BCUT2D eigenvalue weighted by atomic mass is 32.2. The molecular weight excluding hydrogens is 276 g/mol. The number of hydrogen-bond acceptors (Lipinski definition) is 5. The molecule has 0 aliphatic carbocycles. The summed E-state index contributed by atoms with van der Waals surface area (Å²) in [5.74, 6) is 0. The number of rotatable bonds is 3. The van der Waals surface area contributed by atoms with Crippen LogP contribution in [0.3, 0.4) is 0 Å². The average molecular weight is 296 g/mol. The van der Waals surface area contributed by atoms with Crippen LogP contribution in [-0.2, 0) is 10.0 Å². The number of nitrogen functional groups attached to an aromatic ring is 1. The first-order valence-electron chi connectivity index (χ1n) is 7.03. The molecule has 3 N–H and O–H groups in total. The smallest absolute Gasteiger partial charge is 0.260 e. The maximum absolute atomic E-state index is 12.3. The van der Waals surface area contributed by atoms with Crippen molar-refractivity contribution in [3.05, 3.63) is 18.3 Å². The quantitative estimate of drug-likeness (QED) is 0.851. The van der Waals surface area contributed by atoms with E-state index in [1.165, 1.54) is 19.0 Å². The van der Waals surface area contributed by atoms with Gasteiger partial charge in [0.15, 0.2) is 5.03 Å². The lowest BCUT2D eigenvalue weighted by Gasteiger charge is -2.34. The first-order chi connectivity index (χ1) is 9.56. The Hall–Kier alpha value is -1.18. The van der Waals surface area contributed by atoms with Gasteiger partial charge >= 0.3 is 0 Å². The Morgan fingerprint density at radius 1 is 1.35 bits per heavy atom. The predicted molar refractivity (Wildman–Crippen MR) is 76.6 cm³/mol. The molecule has 1 aromatic heterocycles. The number of piperidine rings is 1. The summed E-state index contributed by atoms with van der Waals surface area (Å²) >= 11 is 0. The van der Waals surface area contributed by atoms with Gasteiger partial charge in [-0.25, -0.2) is 18.1 Å². The van der Waals surface area contributed by atoms with Crippen LogP contribution in [0.4, 0.5) is 5.69 Å². The van der Waals surface area contributed by atoms with Gasteiger partial charge in [-0.1, -0.05) is 0 Å². The van der Waals surface area contributed by atoms with Crippen LogP contribution in [0.5, 0.6) is 0 Å². The maximum atomic E-state index is 12.3. The summed E-state index contributed by atoms with van der Waals surface area (Å²) in [4.78, 5) is 6.35. The van der Waals surface area contributed by atoms with Gasteiger partial charge in [0.1, 0.15) is 0 Å². The van der Waals surface area contributed by atoms with Gasteiger partial charge in [-0.2, -0.15) is 0 Å². The molecule has 0 bridgehead atoms. The molecule has 2 atom stereocenters. The van der Waals surface area contributed by atoms with Gasteiger partial charge in [0.2, 0.25) is 0 Å². The minimum atomic E-state index is -3.62. The Labute approximate surface area is 119 Å². The predicted octanol–water partition coefficient (Wildman–Crippen LogP) is 0.569. The van der Waals surface area contributed by atoms with Crippen LogP contribution < -0.4 is 10.5 Å². The standard InChI is InChI=1S/C13H20N4O2S/c14-12-4-1-6-15-13(12)20(18,19)16-10-5-8-17-7-2-3-11(17)9-10/h1,4,6,10-11,16H,2-3,5,7-9,14H2. The van der Waals surface area contributed by atoms with Gasteiger partial charge in [0, 0.05) is 18.3 Å². The fraction of sp³-hybridized carbons (Fsp3) is 0.615. The molecule has 2 fully saturated rings. The zero-order chi connectivity index (χ0) is 14.2. The number of anilines is 1. The van der Waals surface area contributed by atoms with Crippen molar-refractivity contribution in [3.8, 4) is 0 Å². The molecule has 2 aliphatic heterocycles. The summed E-state index contributed by atoms with van der Waals surface area (Å²) < 4.78 is 27.5. The molecule has 3 rings (SSSR count). The molecule has 1 aromatic rings. The molecule has 0 radical (unpaired) electrons. The van der Waals surface area contributed by atoms with Crippen molar-refractivity contribution in [2.45, 2.75) is 42.8 Å². The lowest BCUT2D eigenvalue weighted by atomic mass is 9.99. The first kappa shape index (κ1) is 13.8. The van der Waals surface area contributed by atoms with Crippen molar-refractivity contribution in [1.29, 1.82) is 0 Å². The number of aromatic nitrogens is 1. The number of pyridine rings is 1. The molecule has 0 amide bonds. The van der Waals surface area contributed by atoms with E-state index in [4.69, 9.17) is 5.73 Å². The van der Waals surface area contributed by atoms with E-state index in [1.54, 1.807) is 12.1 Å². The van der Waals surface area contributed by atoms with Crippen LogP contribution >= 0.6 is 0 Å². The second kappa shape index (κ2) is 5.31. The van der Waals surface area contributed by atoms with E-state index < -0.39 is 10.0 Å². The average Bonchev–Trinajstić information content (AvgIpc) is 2.86. The summed E-state index contributed by atoms with van der Waals surface area (Å²) in [6, 6.07) is 3.70. The minimum absolute atomic E-state index is 0.0132. The van der Waals surface area contributed by atoms with Crippen molar-refractivity contribution in [3.63, 3.8) is 0 Å². The summed E-state index contributed by atoms with van der Waals surface area (Å²) in [5, 5.41) is -0.0612.